The summed E-state index contributed by atoms with van der Waals surface area (Å²) in [6.07, 6.45) is 1.57. The third kappa shape index (κ3) is 4.47. The van der Waals surface area contributed by atoms with Crippen molar-refractivity contribution in [1.29, 1.82) is 0 Å². The molecule has 2 aromatic rings. The number of benzene rings is 1. The molecule has 0 aliphatic carbocycles. The van der Waals surface area contributed by atoms with Gasteiger partial charge in [-0.05, 0) is 31.2 Å². The van der Waals surface area contributed by atoms with Crippen LogP contribution in [0.5, 0.6) is 5.75 Å². The van der Waals surface area contributed by atoms with E-state index in [4.69, 9.17) is 4.74 Å². The Balaban J connectivity index is 1.77. The number of nitrogens with one attached hydrogen (secondary N) is 1. The van der Waals surface area contributed by atoms with Crippen molar-refractivity contribution >= 4 is 23.5 Å². The molecule has 0 bridgehead atoms. The van der Waals surface area contributed by atoms with Gasteiger partial charge in [0.25, 0.3) is 5.91 Å². The zero-order valence-corrected chi connectivity index (χ0v) is 11.6. The normalized spacial score (nSPS) is 10.7. The molecule has 0 saturated carbocycles. The van der Waals surface area contributed by atoms with Gasteiger partial charge >= 0.3 is 0 Å². The predicted molar refractivity (Wildman–Crippen MR) is 76.7 cm³/mol. The molecule has 20 heavy (non-hydrogen) atoms. The fourth-order valence-corrected chi connectivity index (χ4v) is 2.18. The highest BCUT2D eigenvalue weighted by Gasteiger charge is 2.02. The van der Waals surface area contributed by atoms with Crippen LogP contribution in [0.2, 0.25) is 0 Å². The predicted octanol–water partition coefficient (Wildman–Crippen LogP) is 2.72. The first-order valence-electron chi connectivity index (χ1n) is 5.90. The first kappa shape index (κ1) is 14.2. The summed E-state index contributed by atoms with van der Waals surface area (Å²) in [6, 6.07) is 9.50. The molecular weight excluding hydrogens is 279 g/mol. The van der Waals surface area contributed by atoms with E-state index in [-0.39, 0.29) is 6.61 Å². The fraction of sp³-hybridized carbons (Fsp3) is 0.143. The average Bonchev–Trinajstić information content (AvgIpc) is 2.82. The number of ether oxygens (including phenoxy) is 1. The molecule has 0 aliphatic heterocycles. The van der Waals surface area contributed by atoms with Crippen LogP contribution in [0.4, 0.5) is 4.39 Å². The van der Waals surface area contributed by atoms with E-state index in [9.17, 15) is 9.18 Å². The summed E-state index contributed by atoms with van der Waals surface area (Å²) in [4.78, 5) is 13.6. The lowest BCUT2D eigenvalue weighted by Crippen LogP contribution is -2.24. The van der Waals surface area contributed by atoms with Gasteiger partial charge in [-0.1, -0.05) is 6.07 Å². The third-order valence-electron chi connectivity index (χ3n) is 2.31. The molecule has 0 saturated heterocycles. The Hall–Kier alpha value is -2.21. The quantitative estimate of drug-likeness (QED) is 0.680. The summed E-state index contributed by atoms with van der Waals surface area (Å²) in [5.74, 6) is -0.509. The first-order chi connectivity index (χ1) is 9.63. The monoisotopic (exact) mass is 292 g/mol. The molecule has 1 aromatic carbocycles. The molecule has 1 heterocycles. The maximum absolute atomic E-state index is 12.9. The maximum Gasteiger partial charge on any atom is 0.277 e. The standard InChI is InChI=1S/C14H13FN2O2S/c1-10-5-6-13(20-10)8-16-17-14(18)9-19-12-4-2-3-11(15)7-12/h2-8H,9H2,1H3,(H,17,18)/b16-8-. The molecule has 6 heteroatoms. The van der Waals surface area contributed by atoms with E-state index in [0.29, 0.717) is 5.75 Å². The minimum absolute atomic E-state index is 0.218. The fourth-order valence-electron chi connectivity index (χ4n) is 1.43. The molecule has 1 N–H and O–H groups in total. The number of carbonyl (C=O) groups excluding carboxylic acids is 1. The van der Waals surface area contributed by atoms with Crippen LogP contribution in [0.25, 0.3) is 0 Å². The minimum Gasteiger partial charge on any atom is -0.484 e. The lowest BCUT2D eigenvalue weighted by molar-refractivity contribution is -0.123. The molecule has 2 rings (SSSR count). The van der Waals surface area contributed by atoms with Gasteiger partial charge in [0.15, 0.2) is 6.61 Å². The van der Waals surface area contributed by atoms with Crippen LogP contribution in [0.1, 0.15) is 9.75 Å². The number of nitrogens with zero attached hydrogens (tertiary/aromatic N) is 1. The smallest absolute Gasteiger partial charge is 0.277 e. The van der Waals surface area contributed by atoms with Gasteiger partial charge < -0.3 is 4.74 Å². The summed E-state index contributed by atoms with van der Waals surface area (Å²) in [6.45, 7) is 1.78. The third-order valence-corrected chi connectivity index (χ3v) is 3.24. The highest BCUT2D eigenvalue weighted by atomic mass is 32.1. The van der Waals surface area contributed by atoms with E-state index in [1.54, 1.807) is 23.6 Å². The highest BCUT2D eigenvalue weighted by Crippen LogP contribution is 2.12. The van der Waals surface area contributed by atoms with Crippen molar-refractivity contribution in [2.45, 2.75) is 6.92 Å². The number of hydrogen-bond donors (Lipinski definition) is 1. The number of aryl methyl sites for hydroxylation is 1. The van der Waals surface area contributed by atoms with Crippen molar-refractivity contribution < 1.29 is 13.9 Å². The van der Waals surface area contributed by atoms with Crippen LogP contribution < -0.4 is 10.2 Å². The van der Waals surface area contributed by atoms with Crippen molar-refractivity contribution in [1.82, 2.24) is 5.43 Å². The number of thiophene rings is 1. The molecule has 0 atom stereocenters. The van der Waals surface area contributed by atoms with Crippen molar-refractivity contribution in [3.63, 3.8) is 0 Å². The Morgan fingerprint density at radius 3 is 3.00 bits per heavy atom. The SMILES string of the molecule is Cc1ccc(/C=N\NC(=O)COc2cccc(F)c2)s1. The molecule has 4 nitrogen and oxygen atoms in total. The Kier molecular flexibility index (Phi) is 4.84. The van der Waals surface area contributed by atoms with Gasteiger partial charge in [-0.3, -0.25) is 4.79 Å². The lowest BCUT2D eigenvalue weighted by atomic mass is 10.3. The van der Waals surface area contributed by atoms with Gasteiger partial charge in [-0.2, -0.15) is 5.10 Å². The summed E-state index contributed by atoms with van der Waals surface area (Å²) >= 11 is 1.58. The molecule has 0 aliphatic rings. The van der Waals surface area contributed by atoms with Gasteiger partial charge in [0.1, 0.15) is 11.6 Å². The van der Waals surface area contributed by atoms with Crippen LogP contribution in [0, 0.1) is 12.7 Å². The number of rotatable bonds is 5. The molecule has 1 amide bonds. The Morgan fingerprint density at radius 2 is 2.30 bits per heavy atom. The molecule has 0 radical (unpaired) electrons. The van der Waals surface area contributed by atoms with E-state index in [2.05, 4.69) is 10.5 Å². The van der Waals surface area contributed by atoms with E-state index in [1.807, 2.05) is 19.1 Å². The van der Waals surface area contributed by atoms with E-state index < -0.39 is 11.7 Å². The van der Waals surface area contributed by atoms with Crippen LogP contribution in [-0.4, -0.2) is 18.7 Å². The Bertz CT molecular complexity index is 625. The summed E-state index contributed by atoms with van der Waals surface area (Å²) in [7, 11) is 0. The zero-order chi connectivity index (χ0) is 14.4. The van der Waals surface area contributed by atoms with Crippen molar-refractivity contribution in [3.8, 4) is 5.75 Å². The highest BCUT2D eigenvalue weighted by molar-refractivity contribution is 7.13. The molecule has 1 aromatic heterocycles. The second kappa shape index (κ2) is 6.81. The average molecular weight is 292 g/mol. The Labute approximate surface area is 119 Å². The number of carbonyl (C=O) groups is 1. The summed E-state index contributed by atoms with van der Waals surface area (Å²) in [5, 5.41) is 3.82. The maximum atomic E-state index is 12.9. The largest absolute Gasteiger partial charge is 0.484 e. The van der Waals surface area contributed by atoms with E-state index in [1.165, 1.54) is 23.1 Å². The van der Waals surface area contributed by atoms with E-state index in [0.717, 1.165) is 4.88 Å². The van der Waals surface area contributed by atoms with Gasteiger partial charge in [0, 0.05) is 15.8 Å². The van der Waals surface area contributed by atoms with Crippen LogP contribution in [-0.2, 0) is 4.79 Å². The van der Waals surface area contributed by atoms with Crippen molar-refractivity contribution in [2.75, 3.05) is 6.61 Å². The topological polar surface area (TPSA) is 50.7 Å². The minimum atomic E-state index is -0.408. The van der Waals surface area contributed by atoms with E-state index >= 15 is 0 Å². The van der Waals surface area contributed by atoms with Crippen LogP contribution >= 0.6 is 11.3 Å². The number of hydrazone groups is 1. The second-order valence-corrected chi connectivity index (χ2v) is 5.31. The van der Waals surface area contributed by atoms with Crippen LogP contribution in [0.15, 0.2) is 41.5 Å². The van der Waals surface area contributed by atoms with Crippen LogP contribution in [0.3, 0.4) is 0 Å². The number of halogens is 1. The molecule has 0 fully saturated rings. The molecule has 0 spiro atoms. The number of amides is 1. The van der Waals surface area contributed by atoms with Crippen molar-refractivity contribution in [3.05, 3.63) is 52.0 Å². The van der Waals surface area contributed by atoms with Gasteiger partial charge in [0.2, 0.25) is 0 Å². The molecular formula is C14H13FN2O2S. The zero-order valence-electron chi connectivity index (χ0n) is 10.8. The molecule has 104 valence electrons. The number of hydrogen-bond acceptors (Lipinski definition) is 4. The lowest BCUT2D eigenvalue weighted by Gasteiger charge is -2.04. The summed E-state index contributed by atoms with van der Waals surface area (Å²) < 4.78 is 18.0. The second-order valence-electron chi connectivity index (χ2n) is 3.99. The van der Waals surface area contributed by atoms with Gasteiger partial charge in [0.05, 0.1) is 6.21 Å². The van der Waals surface area contributed by atoms with Crippen molar-refractivity contribution in [2.24, 2.45) is 5.10 Å². The summed E-state index contributed by atoms with van der Waals surface area (Å²) in [5.41, 5.74) is 2.34. The van der Waals surface area contributed by atoms with Gasteiger partial charge in [-0.25, -0.2) is 9.82 Å². The molecule has 0 unspecified atom stereocenters. The van der Waals surface area contributed by atoms with Gasteiger partial charge in [-0.15, -0.1) is 11.3 Å². The first-order valence-corrected chi connectivity index (χ1v) is 6.72. The Morgan fingerprint density at radius 1 is 1.45 bits per heavy atom.